The number of ether oxygens (including phenoxy) is 6. The van der Waals surface area contributed by atoms with Gasteiger partial charge in [-0.05, 0) is 50.3 Å². The molecule has 0 bridgehead atoms. The molecule has 192 valence electrons. The zero-order valence-electron chi connectivity index (χ0n) is 20.1. The van der Waals surface area contributed by atoms with Crippen LogP contribution in [0.5, 0.6) is 5.75 Å². The normalized spacial score (nSPS) is 33.3. The second kappa shape index (κ2) is 11.7. The van der Waals surface area contributed by atoms with Gasteiger partial charge >= 0.3 is 5.97 Å². The first kappa shape index (κ1) is 24.5. The van der Waals surface area contributed by atoms with Gasteiger partial charge in [-0.2, -0.15) is 0 Å². The van der Waals surface area contributed by atoms with Gasteiger partial charge in [0.1, 0.15) is 23.4 Å². The minimum atomic E-state index is -0.329. The molecule has 0 aromatic heterocycles. The second-order valence-corrected chi connectivity index (χ2v) is 9.74. The average molecular weight is 491 g/mol. The van der Waals surface area contributed by atoms with Gasteiger partial charge in [-0.15, -0.1) is 0 Å². The summed E-state index contributed by atoms with van der Waals surface area (Å²) in [7, 11) is 0. The molecule has 3 heterocycles. The fourth-order valence-corrected chi connectivity index (χ4v) is 5.56. The summed E-state index contributed by atoms with van der Waals surface area (Å²) in [6.45, 7) is 1.75. The van der Waals surface area contributed by atoms with Crippen molar-refractivity contribution in [1.82, 2.24) is 0 Å². The van der Waals surface area contributed by atoms with E-state index in [9.17, 15) is 9.18 Å². The monoisotopic (exact) mass is 490 g/mol. The summed E-state index contributed by atoms with van der Waals surface area (Å²) in [5.74, 6) is 0.630. The van der Waals surface area contributed by atoms with Crippen LogP contribution in [0.4, 0.5) is 4.39 Å². The van der Waals surface area contributed by atoms with E-state index in [1.807, 2.05) is 6.08 Å². The Hall–Kier alpha value is -2.16. The predicted octanol–water partition coefficient (Wildman–Crippen LogP) is 4.89. The number of hydrogen-bond donors (Lipinski definition) is 0. The van der Waals surface area contributed by atoms with Crippen molar-refractivity contribution in [2.75, 3.05) is 19.8 Å². The van der Waals surface area contributed by atoms with Crippen molar-refractivity contribution >= 4 is 5.97 Å². The van der Waals surface area contributed by atoms with E-state index in [4.69, 9.17) is 28.4 Å². The Kier molecular flexibility index (Phi) is 8.21. The first-order chi connectivity index (χ1) is 17.2. The van der Waals surface area contributed by atoms with Crippen LogP contribution in [0.1, 0.15) is 57.8 Å². The van der Waals surface area contributed by atoms with Gasteiger partial charge in [0.2, 0.25) is 0 Å². The number of esters is 1. The number of hydrogen-bond acceptors (Lipinski definition) is 7. The first-order valence-electron chi connectivity index (χ1n) is 13.0. The molecule has 0 radical (unpaired) electrons. The molecule has 8 heteroatoms. The molecule has 4 aliphatic rings. The largest absolute Gasteiger partial charge is 0.493 e. The number of carbonyl (C=O) groups excluding carboxylic acids is 1. The molecule has 6 atom stereocenters. The van der Waals surface area contributed by atoms with Crippen LogP contribution >= 0.6 is 0 Å². The number of carbonyl (C=O) groups is 1. The van der Waals surface area contributed by atoms with Crippen LogP contribution in [0, 0.1) is 17.7 Å². The lowest BCUT2D eigenvalue weighted by atomic mass is 9.89. The fraction of sp³-hybridized carbons (Fsp3) is 0.667. The van der Waals surface area contributed by atoms with Crippen LogP contribution in [-0.4, -0.2) is 50.6 Å². The van der Waals surface area contributed by atoms with Gasteiger partial charge in [0, 0.05) is 43.8 Å². The smallest absolute Gasteiger partial charge is 0.306 e. The summed E-state index contributed by atoms with van der Waals surface area (Å²) in [6, 6.07) is 6.12. The number of fused-ring (bicyclic) bond motifs is 1. The van der Waals surface area contributed by atoms with Gasteiger partial charge in [0.05, 0.1) is 25.7 Å². The topological polar surface area (TPSA) is 72.5 Å². The number of rotatable bonds is 9. The number of benzene rings is 1. The van der Waals surface area contributed by atoms with E-state index in [2.05, 4.69) is 0 Å². The second-order valence-electron chi connectivity index (χ2n) is 9.74. The van der Waals surface area contributed by atoms with Crippen molar-refractivity contribution in [3.05, 3.63) is 41.9 Å². The van der Waals surface area contributed by atoms with Gasteiger partial charge in [-0.3, -0.25) is 4.79 Å². The van der Waals surface area contributed by atoms with Crippen LogP contribution in [-0.2, 0) is 28.5 Å². The van der Waals surface area contributed by atoms with E-state index in [0.717, 1.165) is 44.3 Å². The Bertz CT molecular complexity index is 878. The fourth-order valence-electron chi connectivity index (χ4n) is 5.56. The third-order valence-electron chi connectivity index (χ3n) is 7.22. The lowest BCUT2D eigenvalue weighted by Crippen LogP contribution is -2.34. The molecule has 1 aromatic carbocycles. The molecule has 0 amide bonds. The molecule has 1 aromatic rings. The third-order valence-corrected chi connectivity index (χ3v) is 7.22. The molecule has 35 heavy (non-hydrogen) atoms. The van der Waals surface area contributed by atoms with Crippen LogP contribution in [0.25, 0.3) is 0 Å². The molecule has 7 nitrogen and oxygen atoms in total. The Labute approximate surface area is 205 Å². The van der Waals surface area contributed by atoms with E-state index in [1.54, 1.807) is 12.1 Å². The van der Waals surface area contributed by atoms with E-state index < -0.39 is 0 Å². The highest BCUT2D eigenvalue weighted by atomic mass is 19.1. The zero-order valence-corrected chi connectivity index (χ0v) is 20.1. The van der Waals surface area contributed by atoms with Crippen LogP contribution in [0.15, 0.2) is 36.1 Å². The lowest BCUT2D eigenvalue weighted by Gasteiger charge is -2.33. The minimum Gasteiger partial charge on any atom is -0.493 e. The van der Waals surface area contributed by atoms with Crippen LogP contribution < -0.4 is 4.74 Å². The van der Waals surface area contributed by atoms with Gasteiger partial charge in [-0.25, -0.2) is 4.39 Å². The summed E-state index contributed by atoms with van der Waals surface area (Å²) >= 11 is 0. The van der Waals surface area contributed by atoms with Crippen molar-refractivity contribution < 1.29 is 37.6 Å². The Morgan fingerprint density at radius 2 is 1.89 bits per heavy atom. The summed E-state index contributed by atoms with van der Waals surface area (Å²) in [4.78, 5) is 12.1. The third kappa shape index (κ3) is 6.35. The molecule has 2 unspecified atom stereocenters. The van der Waals surface area contributed by atoms with Crippen molar-refractivity contribution in [3.63, 3.8) is 0 Å². The van der Waals surface area contributed by atoms with Gasteiger partial charge in [-0.1, -0.05) is 6.07 Å². The molecule has 1 aliphatic carbocycles. The summed E-state index contributed by atoms with van der Waals surface area (Å²) in [5, 5.41) is 0. The quantitative estimate of drug-likeness (QED) is 0.277. The molecular weight excluding hydrogens is 455 g/mol. The number of halogens is 1. The maximum atomic E-state index is 13.5. The molecule has 3 saturated heterocycles. The molecule has 0 spiro atoms. The highest BCUT2D eigenvalue weighted by Crippen LogP contribution is 2.47. The standard InChI is InChI=1S/C27H35FO7/c28-18-7-5-8-19(15-18)30-14-6-9-21(34-25-10-1-3-12-31-25)27-20-16-24(29)33-22(20)17-23(27)35-26-11-2-4-13-32-26/h5,7-9,15,20,22-23,25-27H,1-4,6,10-14,16-17H2/b21-9+/t20-,22-,23-,25?,26?,27-/m1/s1. The van der Waals surface area contributed by atoms with Crippen molar-refractivity contribution in [3.8, 4) is 5.75 Å². The molecule has 1 saturated carbocycles. The van der Waals surface area contributed by atoms with E-state index in [-0.39, 0.29) is 48.4 Å². The van der Waals surface area contributed by atoms with Crippen molar-refractivity contribution in [2.24, 2.45) is 11.8 Å². The molecule has 0 N–H and O–H groups in total. The van der Waals surface area contributed by atoms with E-state index >= 15 is 0 Å². The summed E-state index contributed by atoms with van der Waals surface area (Å²) < 4.78 is 49.5. The molecular formula is C27H35FO7. The predicted molar refractivity (Wildman–Crippen MR) is 124 cm³/mol. The lowest BCUT2D eigenvalue weighted by molar-refractivity contribution is -0.201. The Morgan fingerprint density at radius 3 is 2.63 bits per heavy atom. The average Bonchev–Trinajstić information content (AvgIpc) is 3.37. The molecule has 4 fully saturated rings. The van der Waals surface area contributed by atoms with E-state index in [0.29, 0.717) is 44.8 Å². The molecule has 3 aliphatic heterocycles. The first-order valence-corrected chi connectivity index (χ1v) is 13.0. The zero-order chi connectivity index (χ0) is 24.0. The maximum absolute atomic E-state index is 13.5. The molecule has 5 rings (SSSR count). The minimum absolute atomic E-state index is 0.00457. The highest BCUT2D eigenvalue weighted by Gasteiger charge is 2.53. The van der Waals surface area contributed by atoms with Gasteiger partial charge in [0.25, 0.3) is 0 Å². The van der Waals surface area contributed by atoms with Crippen LogP contribution in [0.3, 0.4) is 0 Å². The Balaban J connectivity index is 1.32. The highest BCUT2D eigenvalue weighted by molar-refractivity contribution is 5.72. The van der Waals surface area contributed by atoms with Gasteiger partial charge < -0.3 is 28.4 Å². The Morgan fingerprint density at radius 1 is 1.09 bits per heavy atom. The van der Waals surface area contributed by atoms with Crippen molar-refractivity contribution in [2.45, 2.75) is 82.6 Å². The van der Waals surface area contributed by atoms with E-state index in [1.165, 1.54) is 12.1 Å². The van der Waals surface area contributed by atoms with Crippen molar-refractivity contribution in [1.29, 1.82) is 0 Å². The summed E-state index contributed by atoms with van der Waals surface area (Å²) in [6.07, 6.45) is 8.57. The van der Waals surface area contributed by atoms with Gasteiger partial charge in [0.15, 0.2) is 12.6 Å². The SMILES string of the molecule is O=C1C[C@H]2[C@H](/C(=C\CCOc3cccc(F)c3)OC3CCCCO3)[C@H](OC3CCCCO3)C[C@H]2O1. The maximum Gasteiger partial charge on any atom is 0.306 e. The summed E-state index contributed by atoms with van der Waals surface area (Å²) in [5.41, 5.74) is 0. The van der Waals surface area contributed by atoms with Crippen LogP contribution in [0.2, 0.25) is 0 Å².